The van der Waals surface area contributed by atoms with E-state index in [9.17, 15) is 4.79 Å². The summed E-state index contributed by atoms with van der Waals surface area (Å²) in [5.41, 5.74) is 1.10. The van der Waals surface area contributed by atoms with E-state index >= 15 is 0 Å². The van der Waals surface area contributed by atoms with E-state index in [0.717, 1.165) is 36.6 Å². The summed E-state index contributed by atoms with van der Waals surface area (Å²) in [5, 5.41) is 3.63. The van der Waals surface area contributed by atoms with Crippen molar-refractivity contribution in [2.24, 2.45) is 0 Å². The van der Waals surface area contributed by atoms with Gasteiger partial charge < -0.3 is 15.0 Å². The molecule has 1 atom stereocenters. The molecule has 1 aromatic carbocycles. The number of benzene rings is 1. The molecule has 19 heavy (non-hydrogen) atoms. The lowest BCUT2D eigenvalue weighted by Gasteiger charge is -2.34. The smallest absolute Gasteiger partial charge is 0.407 e. The van der Waals surface area contributed by atoms with E-state index < -0.39 is 0 Å². The van der Waals surface area contributed by atoms with Crippen LogP contribution in [0.15, 0.2) is 24.3 Å². The Morgan fingerprint density at radius 3 is 3.16 bits per heavy atom. The first kappa shape index (κ1) is 14.0. The van der Waals surface area contributed by atoms with Gasteiger partial charge in [0.2, 0.25) is 0 Å². The molecule has 2 rings (SSSR count). The van der Waals surface area contributed by atoms with Gasteiger partial charge in [0.1, 0.15) is 0 Å². The summed E-state index contributed by atoms with van der Waals surface area (Å²) in [7, 11) is 0. The molecule has 0 spiro atoms. The Morgan fingerprint density at radius 2 is 2.42 bits per heavy atom. The third-order valence-corrected chi connectivity index (χ3v) is 3.43. The van der Waals surface area contributed by atoms with Gasteiger partial charge in [-0.25, -0.2) is 4.79 Å². The Bertz CT molecular complexity index is 439. The van der Waals surface area contributed by atoms with E-state index in [1.807, 2.05) is 24.3 Å². The van der Waals surface area contributed by atoms with Crippen molar-refractivity contribution in [3.63, 3.8) is 0 Å². The average molecular weight is 283 g/mol. The number of rotatable bonds is 3. The fourth-order valence-electron chi connectivity index (χ4n) is 2.34. The molecule has 0 aromatic heterocycles. The molecular formula is C14H19ClN2O2. The molecule has 104 valence electrons. The van der Waals surface area contributed by atoms with Gasteiger partial charge in [-0.1, -0.05) is 17.7 Å². The number of amides is 1. The first-order valence-corrected chi connectivity index (χ1v) is 7.00. The molecule has 1 heterocycles. The Hall–Kier alpha value is -1.42. The van der Waals surface area contributed by atoms with Crippen LogP contribution in [0.5, 0.6) is 0 Å². The molecule has 4 nitrogen and oxygen atoms in total. The van der Waals surface area contributed by atoms with Crippen LogP contribution in [-0.4, -0.2) is 31.8 Å². The number of carbonyl (C=O) groups is 1. The zero-order chi connectivity index (χ0) is 13.7. The Labute approximate surface area is 118 Å². The molecule has 1 aromatic rings. The topological polar surface area (TPSA) is 41.6 Å². The molecule has 1 aliphatic heterocycles. The van der Waals surface area contributed by atoms with Crippen molar-refractivity contribution in [1.29, 1.82) is 0 Å². The minimum absolute atomic E-state index is 0.131. The van der Waals surface area contributed by atoms with Crippen LogP contribution in [0, 0.1) is 0 Å². The molecule has 1 N–H and O–H groups in total. The molecule has 1 saturated heterocycles. The molecule has 5 heteroatoms. The summed E-state index contributed by atoms with van der Waals surface area (Å²) in [4.78, 5) is 13.7. The SMILES string of the molecule is CCOC(=O)NC1CCCN(c2cccc(Cl)c2)C1. The van der Waals surface area contributed by atoms with Gasteiger partial charge in [0.25, 0.3) is 0 Å². The lowest BCUT2D eigenvalue weighted by Crippen LogP contribution is -2.48. The van der Waals surface area contributed by atoms with Gasteiger partial charge in [-0.15, -0.1) is 0 Å². The number of nitrogens with zero attached hydrogens (tertiary/aromatic N) is 1. The Kier molecular flexibility index (Phi) is 4.91. The maximum atomic E-state index is 11.4. The maximum absolute atomic E-state index is 11.4. The van der Waals surface area contributed by atoms with Crippen molar-refractivity contribution in [3.8, 4) is 0 Å². The highest BCUT2D eigenvalue weighted by atomic mass is 35.5. The third-order valence-electron chi connectivity index (χ3n) is 3.19. The molecule has 1 amide bonds. The summed E-state index contributed by atoms with van der Waals surface area (Å²) in [6.45, 7) is 3.98. The minimum atomic E-state index is -0.333. The van der Waals surface area contributed by atoms with E-state index in [0.29, 0.717) is 6.61 Å². The van der Waals surface area contributed by atoms with Crippen molar-refractivity contribution in [3.05, 3.63) is 29.3 Å². The van der Waals surface area contributed by atoms with E-state index in [1.165, 1.54) is 0 Å². The highest BCUT2D eigenvalue weighted by Crippen LogP contribution is 2.23. The highest BCUT2D eigenvalue weighted by molar-refractivity contribution is 6.30. The second-order valence-electron chi connectivity index (χ2n) is 4.63. The van der Waals surface area contributed by atoms with Crippen LogP contribution in [0.2, 0.25) is 5.02 Å². The number of anilines is 1. The van der Waals surface area contributed by atoms with Crippen LogP contribution in [-0.2, 0) is 4.74 Å². The summed E-state index contributed by atoms with van der Waals surface area (Å²) in [6, 6.07) is 7.93. The monoisotopic (exact) mass is 282 g/mol. The Morgan fingerprint density at radius 1 is 1.58 bits per heavy atom. The van der Waals surface area contributed by atoms with Gasteiger partial charge in [-0.05, 0) is 38.0 Å². The standard InChI is InChI=1S/C14H19ClN2O2/c1-2-19-14(18)16-12-6-4-8-17(10-12)13-7-3-5-11(15)9-13/h3,5,7,9,12H,2,4,6,8,10H2,1H3,(H,16,18). The van der Waals surface area contributed by atoms with Crippen molar-refractivity contribution in [1.82, 2.24) is 5.32 Å². The van der Waals surface area contributed by atoms with Crippen molar-refractivity contribution in [2.75, 3.05) is 24.6 Å². The number of carbonyl (C=O) groups excluding carboxylic acids is 1. The zero-order valence-corrected chi connectivity index (χ0v) is 11.8. The van der Waals surface area contributed by atoms with Gasteiger partial charge >= 0.3 is 6.09 Å². The average Bonchev–Trinajstić information content (AvgIpc) is 2.39. The highest BCUT2D eigenvalue weighted by Gasteiger charge is 2.22. The zero-order valence-electron chi connectivity index (χ0n) is 11.1. The lowest BCUT2D eigenvalue weighted by atomic mass is 10.1. The van der Waals surface area contributed by atoms with Gasteiger partial charge in [-0.3, -0.25) is 0 Å². The van der Waals surface area contributed by atoms with Crippen LogP contribution < -0.4 is 10.2 Å². The largest absolute Gasteiger partial charge is 0.450 e. The number of alkyl carbamates (subject to hydrolysis) is 1. The molecule has 1 unspecified atom stereocenters. The molecule has 0 bridgehead atoms. The third kappa shape index (κ3) is 4.03. The quantitative estimate of drug-likeness (QED) is 0.926. The van der Waals surface area contributed by atoms with Crippen LogP contribution in [0.4, 0.5) is 10.5 Å². The number of nitrogens with one attached hydrogen (secondary N) is 1. The van der Waals surface area contributed by atoms with Crippen LogP contribution >= 0.6 is 11.6 Å². The second kappa shape index (κ2) is 6.66. The molecule has 1 aliphatic rings. The number of ether oxygens (including phenoxy) is 1. The second-order valence-corrected chi connectivity index (χ2v) is 5.07. The predicted octanol–water partition coefficient (Wildman–Crippen LogP) is 3.05. The molecule has 1 fully saturated rings. The normalized spacial score (nSPS) is 19.1. The Balaban J connectivity index is 1.95. The molecule has 0 radical (unpaired) electrons. The van der Waals surface area contributed by atoms with Gasteiger partial charge in [-0.2, -0.15) is 0 Å². The summed E-state index contributed by atoms with van der Waals surface area (Å²) in [5.74, 6) is 0. The summed E-state index contributed by atoms with van der Waals surface area (Å²) >= 11 is 6.01. The van der Waals surface area contributed by atoms with E-state index in [4.69, 9.17) is 16.3 Å². The summed E-state index contributed by atoms with van der Waals surface area (Å²) in [6.07, 6.45) is 1.69. The lowest BCUT2D eigenvalue weighted by molar-refractivity contribution is 0.146. The predicted molar refractivity (Wildman–Crippen MR) is 76.8 cm³/mol. The number of piperidine rings is 1. The van der Waals surface area contributed by atoms with E-state index in [-0.39, 0.29) is 12.1 Å². The van der Waals surface area contributed by atoms with E-state index in [2.05, 4.69) is 10.2 Å². The fraction of sp³-hybridized carbons (Fsp3) is 0.500. The number of hydrogen-bond donors (Lipinski definition) is 1. The molecule has 0 saturated carbocycles. The first-order valence-electron chi connectivity index (χ1n) is 6.63. The fourth-order valence-corrected chi connectivity index (χ4v) is 2.53. The van der Waals surface area contributed by atoms with Crippen molar-refractivity contribution >= 4 is 23.4 Å². The van der Waals surface area contributed by atoms with Gasteiger partial charge in [0.05, 0.1) is 6.61 Å². The maximum Gasteiger partial charge on any atom is 0.407 e. The minimum Gasteiger partial charge on any atom is -0.450 e. The van der Waals surface area contributed by atoms with Crippen molar-refractivity contribution in [2.45, 2.75) is 25.8 Å². The van der Waals surface area contributed by atoms with Crippen molar-refractivity contribution < 1.29 is 9.53 Å². The summed E-state index contributed by atoms with van der Waals surface area (Å²) < 4.78 is 4.92. The van der Waals surface area contributed by atoms with Crippen LogP contribution in [0.25, 0.3) is 0 Å². The van der Waals surface area contributed by atoms with Gasteiger partial charge in [0, 0.05) is 29.8 Å². The number of halogens is 1. The van der Waals surface area contributed by atoms with E-state index in [1.54, 1.807) is 6.92 Å². The van der Waals surface area contributed by atoms with Crippen LogP contribution in [0.1, 0.15) is 19.8 Å². The molecular weight excluding hydrogens is 264 g/mol. The first-order chi connectivity index (χ1) is 9.19. The van der Waals surface area contributed by atoms with Crippen LogP contribution in [0.3, 0.4) is 0 Å². The van der Waals surface area contributed by atoms with Gasteiger partial charge in [0.15, 0.2) is 0 Å². The molecule has 0 aliphatic carbocycles. The number of hydrogen-bond acceptors (Lipinski definition) is 3.